The first-order chi connectivity index (χ1) is 8.84. The highest BCUT2D eigenvalue weighted by atomic mass is 35.5. The van der Waals surface area contributed by atoms with E-state index in [1.807, 2.05) is 5.32 Å². The van der Waals surface area contributed by atoms with E-state index in [0.717, 1.165) is 6.07 Å². The summed E-state index contributed by atoms with van der Waals surface area (Å²) in [5.41, 5.74) is -0.693. The van der Waals surface area contributed by atoms with Crippen LogP contribution in [0, 0.1) is 10.1 Å². The molecule has 1 rings (SSSR count). The molecular weight excluding hydrogens is 286 g/mol. The van der Waals surface area contributed by atoms with Gasteiger partial charge >= 0.3 is 0 Å². The maximum absolute atomic E-state index is 12.0. The Hall–Kier alpha value is -1.80. The predicted octanol–water partition coefficient (Wildman–Crippen LogP) is 1.60. The molecular formula is C10H9ClF2N2O4. The van der Waals surface area contributed by atoms with Gasteiger partial charge in [0.1, 0.15) is 11.1 Å². The second kappa shape index (κ2) is 6.39. The third kappa shape index (κ3) is 3.83. The number of halogens is 3. The maximum atomic E-state index is 12.0. The van der Waals surface area contributed by atoms with E-state index < -0.39 is 40.6 Å². The molecule has 1 aromatic carbocycles. The van der Waals surface area contributed by atoms with Crippen LogP contribution in [-0.4, -0.2) is 35.0 Å². The number of carbonyl (C=O) groups is 1. The lowest BCUT2D eigenvalue weighted by Gasteiger charge is -2.11. The fourth-order valence-electron chi connectivity index (χ4n) is 1.22. The van der Waals surface area contributed by atoms with Gasteiger partial charge in [0.15, 0.2) is 0 Å². The van der Waals surface area contributed by atoms with Crippen molar-refractivity contribution in [1.82, 2.24) is 5.32 Å². The van der Waals surface area contributed by atoms with Crippen LogP contribution in [0.3, 0.4) is 0 Å². The predicted molar refractivity (Wildman–Crippen MR) is 62.5 cm³/mol. The van der Waals surface area contributed by atoms with E-state index in [9.17, 15) is 23.7 Å². The number of nitrogens with zero attached hydrogens (tertiary/aromatic N) is 1. The fourth-order valence-corrected chi connectivity index (χ4v) is 1.50. The van der Waals surface area contributed by atoms with Gasteiger partial charge in [-0.3, -0.25) is 14.9 Å². The Bertz CT molecular complexity index is 498. The molecule has 0 aliphatic heterocycles. The van der Waals surface area contributed by atoms with E-state index in [1.165, 1.54) is 12.1 Å². The van der Waals surface area contributed by atoms with E-state index in [-0.39, 0.29) is 5.56 Å². The van der Waals surface area contributed by atoms with Gasteiger partial charge in [-0.2, -0.15) is 0 Å². The van der Waals surface area contributed by atoms with E-state index in [1.54, 1.807) is 0 Å². The molecule has 1 atom stereocenters. The average Bonchev–Trinajstić information content (AvgIpc) is 2.35. The molecule has 1 amide bonds. The molecule has 19 heavy (non-hydrogen) atoms. The number of aliphatic hydroxyl groups excluding tert-OH is 1. The van der Waals surface area contributed by atoms with Crippen LogP contribution in [0.25, 0.3) is 0 Å². The van der Waals surface area contributed by atoms with Gasteiger partial charge in [0.25, 0.3) is 18.0 Å². The van der Waals surface area contributed by atoms with Gasteiger partial charge in [-0.15, -0.1) is 0 Å². The molecule has 104 valence electrons. The number of nitrogens with one attached hydrogen (secondary N) is 1. The Labute approximate surface area is 111 Å². The number of nitro groups is 1. The Morgan fingerprint density at radius 3 is 2.68 bits per heavy atom. The molecule has 0 saturated carbocycles. The number of hydrogen-bond donors (Lipinski definition) is 2. The largest absolute Gasteiger partial charge is 0.385 e. The molecule has 0 aliphatic carbocycles. The lowest BCUT2D eigenvalue weighted by Crippen LogP contribution is -2.35. The van der Waals surface area contributed by atoms with Crippen LogP contribution in [0.4, 0.5) is 14.5 Å². The van der Waals surface area contributed by atoms with Gasteiger partial charge < -0.3 is 10.4 Å². The highest BCUT2D eigenvalue weighted by Gasteiger charge is 2.22. The van der Waals surface area contributed by atoms with Crippen LogP contribution in [0.15, 0.2) is 18.2 Å². The van der Waals surface area contributed by atoms with E-state index in [4.69, 9.17) is 16.7 Å². The van der Waals surface area contributed by atoms with Crippen molar-refractivity contribution in [2.24, 2.45) is 0 Å². The van der Waals surface area contributed by atoms with E-state index in [2.05, 4.69) is 0 Å². The van der Waals surface area contributed by atoms with Crippen LogP contribution in [0.2, 0.25) is 5.02 Å². The van der Waals surface area contributed by atoms with Crippen molar-refractivity contribution in [1.29, 1.82) is 0 Å². The van der Waals surface area contributed by atoms with E-state index >= 15 is 0 Å². The number of benzene rings is 1. The van der Waals surface area contributed by atoms with Gasteiger partial charge in [-0.1, -0.05) is 17.7 Å². The van der Waals surface area contributed by atoms with Gasteiger partial charge in [-0.05, 0) is 6.07 Å². The van der Waals surface area contributed by atoms with Crippen molar-refractivity contribution < 1.29 is 23.6 Å². The van der Waals surface area contributed by atoms with Gasteiger partial charge in [0.05, 0.1) is 10.5 Å². The van der Waals surface area contributed by atoms with Crippen molar-refractivity contribution in [3.63, 3.8) is 0 Å². The number of rotatable bonds is 5. The number of aliphatic hydroxyl groups is 1. The minimum absolute atomic E-state index is 0.225. The number of amides is 1. The number of alkyl halides is 2. The molecule has 2 N–H and O–H groups in total. The molecule has 1 aromatic rings. The van der Waals surface area contributed by atoms with Crippen molar-refractivity contribution in [3.8, 4) is 0 Å². The lowest BCUT2D eigenvalue weighted by atomic mass is 10.2. The molecule has 0 radical (unpaired) electrons. The first-order valence-electron chi connectivity index (χ1n) is 5.02. The van der Waals surface area contributed by atoms with Crippen molar-refractivity contribution >= 4 is 23.2 Å². The monoisotopic (exact) mass is 294 g/mol. The third-order valence-corrected chi connectivity index (χ3v) is 2.58. The number of nitro benzene ring substituents is 1. The smallest absolute Gasteiger partial charge is 0.288 e. The second-order valence-corrected chi connectivity index (χ2v) is 3.89. The molecule has 6 nitrogen and oxygen atoms in total. The summed E-state index contributed by atoms with van der Waals surface area (Å²) < 4.78 is 24.0. The summed E-state index contributed by atoms with van der Waals surface area (Å²) in [7, 11) is 0. The van der Waals surface area contributed by atoms with Crippen LogP contribution < -0.4 is 5.32 Å². The summed E-state index contributed by atoms with van der Waals surface area (Å²) in [6.07, 6.45) is -5.01. The molecule has 1 unspecified atom stereocenters. The van der Waals surface area contributed by atoms with Crippen LogP contribution in [0.1, 0.15) is 10.4 Å². The first-order valence-corrected chi connectivity index (χ1v) is 5.39. The van der Waals surface area contributed by atoms with E-state index in [0.29, 0.717) is 0 Å². The highest BCUT2D eigenvalue weighted by molar-refractivity contribution is 6.35. The summed E-state index contributed by atoms with van der Waals surface area (Å²) >= 11 is 5.66. The summed E-state index contributed by atoms with van der Waals surface area (Å²) in [5.74, 6) is -0.881. The molecule has 9 heteroatoms. The Balaban J connectivity index is 2.83. The SMILES string of the molecule is O=C(NCC(O)C(F)F)c1cccc([N+](=O)[O-])c1Cl. The third-order valence-electron chi connectivity index (χ3n) is 2.18. The molecule has 0 aromatic heterocycles. The van der Waals surface area contributed by atoms with Crippen LogP contribution in [0.5, 0.6) is 0 Å². The summed E-state index contributed by atoms with van der Waals surface area (Å²) in [5, 5.41) is 21.0. The first kappa shape index (κ1) is 15.3. The number of carbonyl (C=O) groups excluding carboxylic acids is 1. The average molecular weight is 295 g/mol. The van der Waals surface area contributed by atoms with Gasteiger partial charge in [0.2, 0.25) is 0 Å². The summed E-state index contributed by atoms with van der Waals surface area (Å²) in [6, 6.07) is 3.55. The normalized spacial score (nSPS) is 12.3. The summed E-state index contributed by atoms with van der Waals surface area (Å²) in [6.45, 7) is -0.685. The summed E-state index contributed by atoms with van der Waals surface area (Å²) in [4.78, 5) is 21.4. The van der Waals surface area contributed by atoms with Crippen molar-refractivity contribution in [3.05, 3.63) is 38.9 Å². The zero-order valence-corrected chi connectivity index (χ0v) is 10.1. The van der Waals surface area contributed by atoms with Crippen LogP contribution in [-0.2, 0) is 0 Å². The standard InChI is InChI=1S/C10H9ClF2N2O4/c11-8-5(2-1-3-6(8)15(18)19)10(17)14-4-7(16)9(12)13/h1-3,7,9,16H,4H2,(H,14,17). The van der Waals surface area contributed by atoms with Crippen molar-refractivity contribution in [2.75, 3.05) is 6.54 Å². The molecule has 0 heterocycles. The molecule has 0 saturated heterocycles. The topological polar surface area (TPSA) is 92.5 Å². The highest BCUT2D eigenvalue weighted by Crippen LogP contribution is 2.27. The molecule has 0 spiro atoms. The Morgan fingerprint density at radius 1 is 1.53 bits per heavy atom. The zero-order chi connectivity index (χ0) is 14.6. The van der Waals surface area contributed by atoms with Crippen molar-refractivity contribution in [2.45, 2.75) is 12.5 Å². The van der Waals surface area contributed by atoms with Crippen LogP contribution >= 0.6 is 11.6 Å². The minimum Gasteiger partial charge on any atom is -0.385 e. The fraction of sp³-hybridized carbons (Fsp3) is 0.300. The van der Waals surface area contributed by atoms with Gasteiger partial charge in [0, 0.05) is 12.6 Å². The molecule has 0 fully saturated rings. The van der Waals surface area contributed by atoms with Gasteiger partial charge in [-0.25, -0.2) is 8.78 Å². The minimum atomic E-state index is -3.00. The Kier molecular flexibility index (Phi) is 5.13. The Morgan fingerprint density at radius 2 is 2.16 bits per heavy atom. The molecule has 0 aliphatic rings. The quantitative estimate of drug-likeness (QED) is 0.637. The number of hydrogen-bond acceptors (Lipinski definition) is 4. The zero-order valence-electron chi connectivity index (χ0n) is 9.35. The molecule has 0 bridgehead atoms. The maximum Gasteiger partial charge on any atom is 0.288 e. The lowest BCUT2D eigenvalue weighted by molar-refractivity contribution is -0.384. The second-order valence-electron chi connectivity index (χ2n) is 3.51.